The van der Waals surface area contributed by atoms with Crippen LogP contribution in [0.25, 0.3) is 22.2 Å². The van der Waals surface area contributed by atoms with Crippen molar-refractivity contribution in [1.29, 1.82) is 0 Å². The predicted octanol–water partition coefficient (Wildman–Crippen LogP) is 4.68. The third kappa shape index (κ3) is 4.31. The zero-order valence-electron chi connectivity index (χ0n) is 21.7. The number of carbonyl (C=O) groups excluding carboxylic acids is 1. The lowest BCUT2D eigenvalue weighted by Gasteiger charge is -2.15. The molecular formula is C30H27N5O4. The highest BCUT2D eigenvalue weighted by molar-refractivity contribution is 6.04. The summed E-state index contributed by atoms with van der Waals surface area (Å²) in [5.74, 6) is 0.944. The molecule has 0 spiro atoms. The maximum atomic E-state index is 12.1. The van der Waals surface area contributed by atoms with Gasteiger partial charge in [0.05, 0.1) is 11.1 Å². The number of para-hydroxylation sites is 2. The number of aryl methyl sites for hydroxylation is 1. The number of aromatic nitrogens is 4. The lowest BCUT2D eigenvalue weighted by atomic mass is 9.89. The van der Waals surface area contributed by atoms with Crippen LogP contribution in [0.15, 0.2) is 70.0 Å². The quantitative estimate of drug-likeness (QED) is 0.334. The molecule has 1 aliphatic heterocycles. The van der Waals surface area contributed by atoms with Crippen LogP contribution >= 0.6 is 0 Å². The summed E-state index contributed by atoms with van der Waals surface area (Å²) in [6.07, 6.45) is 1.70. The number of nitrogens with zero attached hydrogens (tertiary/aromatic N) is 3. The number of ether oxygens (including phenoxy) is 1. The lowest BCUT2D eigenvalue weighted by molar-refractivity contribution is 0.100. The maximum absolute atomic E-state index is 12.1. The van der Waals surface area contributed by atoms with Crippen molar-refractivity contribution in [3.8, 4) is 5.75 Å². The second-order valence-electron chi connectivity index (χ2n) is 9.62. The molecule has 3 heterocycles. The summed E-state index contributed by atoms with van der Waals surface area (Å²) in [5, 5.41) is 3.93. The van der Waals surface area contributed by atoms with Crippen LogP contribution in [0.3, 0.4) is 0 Å². The number of hydrogen-bond acceptors (Lipinski definition) is 6. The zero-order valence-corrected chi connectivity index (χ0v) is 21.7. The predicted molar refractivity (Wildman–Crippen MR) is 147 cm³/mol. The summed E-state index contributed by atoms with van der Waals surface area (Å²) < 4.78 is 13.2. The first-order valence-corrected chi connectivity index (χ1v) is 12.8. The fourth-order valence-electron chi connectivity index (χ4n) is 5.29. The van der Waals surface area contributed by atoms with Crippen LogP contribution in [0.5, 0.6) is 5.75 Å². The monoisotopic (exact) mass is 521 g/mol. The Morgan fingerprint density at radius 1 is 1.10 bits per heavy atom. The fraction of sp³-hybridized carbons (Fsp3) is 0.200. The van der Waals surface area contributed by atoms with Gasteiger partial charge >= 0.3 is 5.76 Å². The number of hydrogen-bond donors (Lipinski definition) is 2. The molecule has 39 heavy (non-hydrogen) atoms. The number of allylic oxidation sites excluding steroid dienone is 1. The molecule has 0 atom stereocenters. The summed E-state index contributed by atoms with van der Waals surface area (Å²) in [6.45, 7) is 4.97. The van der Waals surface area contributed by atoms with Crippen molar-refractivity contribution >= 4 is 28.1 Å². The number of aromatic amines is 1. The van der Waals surface area contributed by atoms with E-state index in [4.69, 9.17) is 20.0 Å². The molecule has 0 radical (unpaired) electrons. The highest BCUT2D eigenvalue weighted by Gasteiger charge is 2.24. The normalized spacial score (nSPS) is 13.9. The largest absolute Gasteiger partial charge is 0.488 e. The molecule has 1 aliphatic rings. The maximum Gasteiger partial charge on any atom is 0.439 e. The molecule has 0 fully saturated rings. The molecule has 0 saturated heterocycles. The molecule has 5 aromatic rings. The van der Waals surface area contributed by atoms with E-state index in [2.05, 4.69) is 39.8 Å². The van der Waals surface area contributed by atoms with Gasteiger partial charge in [0.1, 0.15) is 23.7 Å². The smallest absolute Gasteiger partial charge is 0.439 e. The van der Waals surface area contributed by atoms with Gasteiger partial charge in [0.15, 0.2) is 5.82 Å². The number of H-pyrrole nitrogens is 1. The van der Waals surface area contributed by atoms with E-state index in [1.807, 2.05) is 43.3 Å². The molecule has 6 rings (SSSR count). The van der Waals surface area contributed by atoms with Crippen LogP contribution in [0.2, 0.25) is 0 Å². The van der Waals surface area contributed by atoms with E-state index in [0.29, 0.717) is 30.1 Å². The number of primary amides is 1. The minimum absolute atomic E-state index is 0.376. The lowest BCUT2D eigenvalue weighted by Crippen LogP contribution is -2.11. The van der Waals surface area contributed by atoms with E-state index in [-0.39, 0.29) is 0 Å². The molecule has 9 nitrogen and oxygen atoms in total. The standard InChI is InChI=1S/C30H27N5O4/c1-3-7-25-32-27-22(28(31)36)9-6-10-23(27)35(25)15-18-12-13-20-19(14-18)16-38-24-11-5-4-8-21(24)26(20)17(2)29-33-30(37)39-34-29/h4-6,8-14H,3,7,15-16H2,1-2H3,(H2,31,36)(H,33,34,37)/b26-17+. The fourth-order valence-corrected chi connectivity index (χ4v) is 5.29. The van der Waals surface area contributed by atoms with Crippen molar-refractivity contribution in [3.63, 3.8) is 0 Å². The Morgan fingerprint density at radius 3 is 2.72 bits per heavy atom. The average Bonchev–Trinajstić information content (AvgIpc) is 3.47. The van der Waals surface area contributed by atoms with Gasteiger partial charge in [-0.1, -0.05) is 48.5 Å². The van der Waals surface area contributed by atoms with Crippen molar-refractivity contribution in [2.75, 3.05) is 0 Å². The SMILES string of the molecule is CCCc1nc2c(C(N)=O)cccc2n1Cc1ccc2c(c1)COc1ccccc1/C2=C(\C)c1noc(=O)[nH]1. The Balaban J connectivity index is 1.48. The van der Waals surface area contributed by atoms with Crippen LogP contribution < -0.4 is 16.2 Å². The molecule has 0 saturated carbocycles. The molecule has 3 N–H and O–H groups in total. The Labute approximate surface area is 223 Å². The van der Waals surface area contributed by atoms with Crippen LogP contribution in [0.4, 0.5) is 0 Å². The first kappa shape index (κ1) is 24.4. The van der Waals surface area contributed by atoms with Crippen molar-refractivity contribution in [2.45, 2.75) is 39.8 Å². The van der Waals surface area contributed by atoms with Crippen molar-refractivity contribution in [1.82, 2.24) is 19.7 Å². The highest BCUT2D eigenvalue weighted by Crippen LogP contribution is 2.40. The summed E-state index contributed by atoms with van der Waals surface area (Å²) in [4.78, 5) is 31.2. The number of amides is 1. The molecule has 9 heteroatoms. The third-order valence-corrected chi connectivity index (χ3v) is 7.09. The molecule has 0 bridgehead atoms. The van der Waals surface area contributed by atoms with Gasteiger partial charge in [-0.3, -0.25) is 14.3 Å². The van der Waals surface area contributed by atoms with Gasteiger partial charge in [0, 0.05) is 24.1 Å². The minimum Gasteiger partial charge on any atom is -0.488 e. The number of nitrogens with one attached hydrogen (secondary N) is 1. The molecule has 1 amide bonds. The van der Waals surface area contributed by atoms with Crippen molar-refractivity contribution < 1.29 is 14.1 Å². The first-order valence-electron chi connectivity index (χ1n) is 12.8. The molecular weight excluding hydrogens is 494 g/mol. The number of carbonyl (C=O) groups is 1. The van der Waals surface area contributed by atoms with E-state index < -0.39 is 11.7 Å². The number of rotatable bonds is 6. The molecule has 2 aromatic heterocycles. The summed E-state index contributed by atoms with van der Waals surface area (Å²) in [5.41, 5.74) is 13.2. The summed E-state index contributed by atoms with van der Waals surface area (Å²) in [7, 11) is 0. The van der Waals surface area contributed by atoms with E-state index in [1.165, 1.54) is 0 Å². The number of imidazole rings is 1. The van der Waals surface area contributed by atoms with Crippen LogP contribution in [-0.4, -0.2) is 25.6 Å². The second-order valence-corrected chi connectivity index (χ2v) is 9.62. The van der Waals surface area contributed by atoms with Gasteiger partial charge in [0.2, 0.25) is 0 Å². The van der Waals surface area contributed by atoms with E-state index in [0.717, 1.165) is 63.3 Å². The third-order valence-electron chi connectivity index (χ3n) is 7.09. The van der Waals surface area contributed by atoms with Crippen LogP contribution in [-0.2, 0) is 19.6 Å². The van der Waals surface area contributed by atoms with Gasteiger partial charge in [-0.05, 0) is 59.9 Å². The second kappa shape index (κ2) is 9.75. The van der Waals surface area contributed by atoms with E-state index >= 15 is 0 Å². The molecule has 0 aliphatic carbocycles. The molecule has 196 valence electrons. The summed E-state index contributed by atoms with van der Waals surface area (Å²) >= 11 is 0. The minimum atomic E-state index is -0.603. The topological polar surface area (TPSA) is 129 Å². The molecule has 3 aromatic carbocycles. The first-order chi connectivity index (χ1) is 18.9. The van der Waals surface area contributed by atoms with Gasteiger partial charge < -0.3 is 15.0 Å². The average molecular weight is 522 g/mol. The van der Waals surface area contributed by atoms with Gasteiger partial charge in [-0.25, -0.2) is 9.78 Å². The van der Waals surface area contributed by atoms with Crippen molar-refractivity contribution in [3.05, 3.63) is 111 Å². The Morgan fingerprint density at radius 2 is 1.95 bits per heavy atom. The molecule has 0 unspecified atom stereocenters. The number of fused-ring (bicyclic) bond motifs is 3. The zero-order chi connectivity index (χ0) is 27.1. The number of nitrogens with two attached hydrogens (primary N) is 1. The van der Waals surface area contributed by atoms with Gasteiger partial charge in [-0.2, -0.15) is 0 Å². The van der Waals surface area contributed by atoms with E-state index in [1.54, 1.807) is 6.07 Å². The Hall–Kier alpha value is -4.92. The van der Waals surface area contributed by atoms with Crippen molar-refractivity contribution in [2.24, 2.45) is 5.73 Å². The van der Waals surface area contributed by atoms with Gasteiger partial charge in [0.25, 0.3) is 5.91 Å². The Bertz CT molecular complexity index is 1820. The van der Waals surface area contributed by atoms with Gasteiger partial charge in [-0.15, -0.1) is 0 Å². The highest BCUT2D eigenvalue weighted by atomic mass is 16.5. The van der Waals surface area contributed by atoms with E-state index in [9.17, 15) is 9.59 Å². The Kier molecular flexibility index (Phi) is 6.11. The summed E-state index contributed by atoms with van der Waals surface area (Å²) in [6, 6.07) is 19.7. The van der Waals surface area contributed by atoms with Crippen LogP contribution in [0.1, 0.15) is 64.5 Å². The van der Waals surface area contributed by atoms with Crippen LogP contribution in [0, 0.1) is 0 Å². The number of benzene rings is 3.